The number of hydrogen-bond acceptors (Lipinski definition) is 0. The molecule has 0 aromatic carbocycles. The van der Waals surface area contributed by atoms with Gasteiger partial charge in [-0.1, -0.05) is 61.2 Å². The smallest absolute Gasteiger partial charge is 0.00868 e. The number of rotatable bonds is 4. The van der Waals surface area contributed by atoms with Gasteiger partial charge in [0, 0.05) is 3.92 Å². The maximum Gasteiger partial charge on any atom is 0.00868 e. The first-order valence-corrected chi connectivity index (χ1v) is 4.84. The van der Waals surface area contributed by atoms with Gasteiger partial charge in [0.2, 0.25) is 0 Å². The number of allylic oxidation sites excluding steroid dienone is 3. The largest absolute Gasteiger partial charge is 0.0991 e. The van der Waals surface area contributed by atoms with Crippen molar-refractivity contribution in [3.63, 3.8) is 0 Å². The van der Waals surface area contributed by atoms with E-state index in [0.717, 1.165) is 3.92 Å². The quantitative estimate of drug-likeness (QED) is 0.406. The summed E-state index contributed by atoms with van der Waals surface area (Å²) in [4.78, 5) is 0. The van der Waals surface area contributed by atoms with Crippen LogP contribution in [0.2, 0.25) is 0 Å². The van der Waals surface area contributed by atoms with E-state index in [1.165, 1.54) is 6.42 Å². The molecule has 0 saturated heterocycles. The lowest BCUT2D eigenvalue weighted by Crippen LogP contribution is -1.97. The van der Waals surface area contributed by atoms with E-state index in [1.54, 1.807) is 0 Å². The van der Waals surface area contributed by atoms with Gasteiger partial charge in [0.25, 0.3) is 0 Å². The zero-order chi connectivity index (χ0) is 7.98. The lowest BCUT2D eigenvalue weighted by molar-refractivity contribution is 0.656. The molecule has 0 heterocycles. The van der Waals surface area contributed by atoms with E-state index >= 15 is 0 Å². The third-order valence-corrected chi connectivity index (χ3v) is 1.78. The molecule has 0 radical (unpaired) electrons. The molecule has 0 aromatic heterocycles. The summed E-state index contributed by atoms with van der Waals surface area (Å²) in [7, 11) is 0. The topological polar surface area (TPSA) is 0 Å². The molecule has 0 aliphatic rings. The van der Waals surface area contributed by atoms with Crippen molar-refractivity contribution < 1.29 is 0 Å². The van der Waals surface area contributed by atoms with E-state index in [4.69, 9.17) is 0 Å². The molecule has 2 atom stereocenters. The minimum Gasteiger partial charge on any atom is -0.0991 e. The normalized spacial score (nSPS) is 17.1. The highest BCUT2D eigenvalue weighted by Crippen LogP contribution is 2.13. The molecular formula is C9H15I. The second-order valence-corrected chi connectivity index (χ2v) is 4.74. The van der Waals surface area contributed by atoms with Crippen LogP contribution in [-0.2, 0) is 0 Å². The zero-order valence-corrected chi connectivity index (χ0v) is 8.84. The molecule has 0 amide bonds. The van der Waals surface area contributed by atoms with Gasteiger partial charge in [-0.15, -0.1) is 0 Å². The van der Waals surface area contributed by atoms with Crippen LogP contribution in [0.5, 0.6) is 0 Å². The van der Waals surface area contributed by atoms with Crippen molar-refractivity contribution in [3.8, 4) is 0 Å². The predicted molar refractivity (Wildman–Crippen MR) is 56.6 cm³/mol. The summed E-state index contributed by atoms with van der Waals surface area (Å²) in [5.41, 5.74) is 0. The summed E-state index contributed by atoms with van der Waals surface area (Å²) in [5, 5.41) is 0. The molecule has 1 heteroatoms. The van der Waals surface area contributed by atoms with Crippen LogP contribution in [0, 0.1) is 5.92 Å². The van der Waals surface area contributed by atoms with Crippen molar-refractivity contribution in [1.29, 1.82) is 0 Å². The van der Waals surface area contributed by atoms with E-state index < -0.39 is 0 Å². The highest BCUT2D eigenvalue weighted by Gasteiger charge is 2.00. The highest BCUT2D eigenvalue weighted by atomic mass is 127. The van der Waals surface area contributed by atoms with E-state index in [2.05, 4.69) is 49.1 Å². The molecule has 0 aliphatic carbocycles. The molecular weight excluding hydrogens is 235 g/mol. The number of hydrogen-bond donors (Lipinski definition) is 0. The molecule has 0 aromatic rings. The van der Waals surface area contributed by atoms with Crippen LogP contribution < -0.4 is 0 Å². The summed E-state index contributed by atoms with van der Waals surface area (Å²) in [6.07, 6.45) is 7.30. The Bertz CT molecular complexity index is 114. The van der Waals surface area contributed by atoms with E-state index in [0.29, 0.717) is 5.92 Å². The van der Waals surface area contributed by atoms with Crippen LogP contribution in [-0.4, -0.2) is 3.92 Å². The van der Waals surface area contributed by atoms with Crippen molar-refractivity contribution in [2.24, 2.45) is 5.92 Å². The minimum absolute atomic E-state index is 0.685. The van der Waals surface area contributed by atoms with Crippen molar-refractivity contribution in [2.75, 3.05) is 0 Å². The van der Waals surface area contributed by atoms with Gasteiger partial charge >= 0.3 is 0 Å². The lowest BCUT2D eigenvalue weighted by Gasteiger charge is -2.06. The van der Waals surface area contributed by atoms with Gasteiger partial charge in [0.1, 0.15) is 0 Å². The van der Waals surface area contributed by atoms with Gasteiger partial charge in [0.05, 0.1) is 0 Å². The van der Waals surface area contributed by atoms with Crippen LogP contribution in [0.1, 0.15) is 20.3 Å². The number of halogens is 1. The maximum atomic E-state index is 3.62. The number of alkyl halides is 1. The Morgan fingerprint density at radius 1 is 1.50 bits per heavy atom. The predicted octanol–water partition coefficient (Wildman–Crippen LogP) is 3.58. The summed E-state index contributed by atoms with van der Waals surface area (Å²) in [5.74, 6) is 0.685. The van der Waals surface area contributed by atoms with Gasteiger partial charge in [0.15, 0.2) is 0 Å². The van der Waals surface area contributed by atoms with Crippen molar-refractivity contribution in [1.82, 2.24) is 0 Å². The Hall–Kier alpha value is 0.210. The Balaban J connectivity index is 3.52. The van der Waals surface area contributed by atoms with Crippen molar-refractivity contribution in [3.05, 3.63) is 24.8 Å². The molecule has 0 aliphatic heterocycles. The molecule has 0 bridgehead atoms. The average Bonchev–Trinajstić information content (AvgIpc) is 1.82. The van der Waals surface area contributed by atoms with Gasteiger partial charge in [-0.25, -0.2) is 0 Å². The molecule has 0 spiro atoms. The van der Waals surface area contributed by atoms with E-state index in [9.17, 15) is 0 Å². The molecule has 0 saturated carbocycles. The Morgan fingerprint density at radius 2 is 2.10 bits per heavy atom. The Kier molecular flexibility index (Phi) is 6.08. The first-order valence-electron chi connectivity index (χ1n) is 3.60. The molecule has 0 nitrogen and oxygen atoms in total. The molecule has 0 N–H and O–H groups in total. The highest BCUT2D eigenvalue weighted by molar-refractivity contribution is 14.1. The molecule has 2 unspecified atom stereocenters. The summed E-state index contributed by atoms with van der Waals surface area (Å²) in [6, 6.07) is 0. The van der Waals surface area contributed by atoms with Gasteiger partial charge in [-0.2, -0.15) is 0 Å². The van der Waals surface area contributed by atoms with Gasteiger partial charge < -0.3 is 0 Å². The standard InChI is InChI=1S/C9H15I/c1-4-5-6-8(2)7-9(3)10/h4-6,8-9H,1,7H2,2-3H3/b6-5-. The van der Waals surface area contributed by atoms with Crippen LogP contribution in [0.15, 0.2) is 24.8 Å². The monoisotopic (exact) mass is 250 g/mol. The van der Waals surface area contributed by atoms with Crippen LogP contribution in [0.4, 0.5) is 0 Å². The second-order valence-electron chi connectivity index (χ2n) is 2.61. The van der Waals surface area contributed by atoms with E-state index in [1.807, 2.05) is 12.2 Å². The first-order chi connectivity index (χ1) is 4.66. The fourth-order valence-corrected chi connectivity index (χ4v) is 1.66. The SMILES string of the molecule is C=C/C=C\C(C)CC(C)I. The first kappa shape index (κ1) is 10.2. The average molecular weight is 250 g/mol. The summed E-state index contributed by atoms with van der Waals surface area (Å²) >= 11 is 2.45. The van der Waals surface area contributed by atoms with Gasteiger partial charge in [-0.3, -0.25) is 0 Å². The van der Waals surface area contributed by atoms with Gasteiger partial charge in [-0.05, 0) is 12.3 Å². The third-order valence-electron chi connectivity index (χ3n) is 1.27. The Morgan fingerprint density at radius 3 is 2.50 bits per heavy atom. The summed E-state index contributed by atoms with van der Waals surface area (Å²) in [6.45, 7) is 8.09. The van der Waals surface area contributed by atoms with Crippen molar-refractivity contribution >= 4 is 22.6 Å². The third kappa shape index (κ3) is 6.33. The van der Waals surface area contributed by atoms with Crippen LogP contribution >= 0.6 is 22.6 Å². The fraction of sp³-hybridized carbons (Fsp3) is 0.556. The zero-order valence-electron chi connectivity index (χ0n) is 6.68. The molecule has 58 valence electrons. The lowest BCUT2D eigenvalue weighted by atomic mass is 10.1. The van der Waals surface area contributed by atoms with Crippen molar-refractivity contribution in [2.45, 2.75) is 24.2 Å². The second kappa shape index (κ2) is 5.96. The fourth-order valence-electron chi connectivity index (χ4n) is 0.859. The Labute approximate surface area is 77.5 Å². The molecule has 0 rings (SSSR count). The van der Waals surface area contributed by atoms with Crippen LogP contribution in [0.25, 0.3) is 0 Å². The van der Waals surface area contributed by atoms with Crippen LogP contribution in [0.3, 0.4) is 0 Å². The summed E-state index contributed by atoms with van der Waals surface area (Å²) < 4.78 is 0.766. The molecule has 10 heavy (non-hydrogen) atoms. The maximum absolute atomic E-state index is 3.62. The minimum atomic E-state index is 0.685. The van der Waals surface area contributed by atoms with E-state index in [-0.39, 0.29) is 0 Å². The molecule has 0 fully saturated rings.